The smallest absolute Gasteiger partial charge is 0.0617 e. The van der Waals surface area contributed by atoms with Crippen LogP contribution in [0.3, 0.4) is 0 Å². The average molecular weight is 347 g/mol. The summed E-state index contributed by atoms with van der Waals surface area (Å²) in [6.07, 6.45) is 0. The van der Waals surface area contributed by atoms with Crippen molar-refractivity contribution in [3.8, 4) is 0 Å². The van der Waals surface area contributed by atoms with Gasteiger partial charge in [-0.15, -0.1) is 0 Å². The van der Waals surface area contributed by atoms with Crippen molar-refractivity contribution in [3.63, 3.8) is 0 Å². The van der Waals surface area contributed by atoms with Crippen molar-refractivity contribution in [2.45, 2.75) is 26.2 Å². The van der Waals surface area contributed by atoms with Crippen LogP contribution in [0, 0.1) is 0 Å². The third-order valence-electron chi connectivity index (χ3n) is 5.97. The fourth-order valence-electron chi connectivity index (χ4n) is 4.71. The van der Waals surface area contributed by atoms with Gasteiger partial charge in [-0.3, -0.25) is 0 Å². The van der Waals surface area contributed by atoms with Gasteiger partial charge in [0.2, 0.25) is 0 Å². The molecule has 0 unspecified atom stereocenters. The van der Waals surface area contributed by atoms with Crippen LogP contribution in [-0.2, 0) is 5.41 Å². The molecule has 0 N–H and O–H groups in total. The molecule has 0 saturated carbocycles. The van der Waals surface area contributed by atoms with Crippen molar-refractivity contribution in [2.24, 2.45) is 0 Å². The molecule has 0 spiro atoms. The molecule has 130 valence electrons. The second kappa shape index (κ2) is 4.80. The summed E-state index contributed by atoms with van der Waals surface area (Å²) in [5.41, 5.74) is 4.14. The van der Waals surface area contributed by atoms with Crippen molar-refractivity contribution >= 4 is 48.7 Å². The van der Waals surface area contributed by atoms with Gasteiger partial charge in [0, 0.05) is 27.3 Å². The first-order valence-electron chi connectivity index (χ1n) is 9.63. The molecule has 6 rings (SSSR count). The van der Waals surface area contributed by atoms with Crippen molar-refractivity contribution in [1.29, 1.82) is 0 Å². The third kappa shape index (κ3) is 1.89. The molecular weight excluding hydrogens is 326 g/mol. The minimum atomic E-state index is 0.0741. The summed E-state index contributed by atoms with van der Waals surface area (Å²) in [6.45, 7) is 6.93. The van der Waals surface area contributed by atoms with Gasteiger partial charge in [-0.2, -0.15) is 0 Å². The van der Waals surface area contributed by atoms with Gasteiger partial charge in [0.05, 0.1) is 11.0 Å². The molecule has 2 aromatic heterocycles. The number of benzene rings is 4. The van der Waals surface area contributed by atoms with Gasteiger partial charge in [0.25, 0.3) is 0 Å². The fraction of sp³-hybridized carbons (Fsp3) is 0.154. The van der Waals surface area contributed by atoms with Gasteiger partial charge in [-0.05, 0) is 45.8 Å². The lowest BCUT2D eigenvalue weighted by atomic mass is 9.91. The van der Waals surface area contributed by atoms with E-state index in [4.69, 9.17) is 0 Å². The quantitative estimate of drug-likeness (QED) is 0.272. The van der Waals surface area contributed by atoms with E-state index in [0.29, 0.717) is 0 Å². The number of hydrogen-bond acceptors (Lipinski definition) is 0. The maximum absolute atomic E-state index is 2.51. The highest BCUT2D eigenvalue weighted by Crippen LogP contribution is 2.42. The fourth-order valence-corrected chi connectivity index (χ4v) is 4.71. The van der Waals surface area contributed by atoms with E-state index < -0.39 is 0 Å². The maximum atomic E-state index is 2.51. The predicted molar refractivity (Wildman–Crippen MR) is 117 cm³/mol. The Morgan fingerprint density at radius 3 is 1.93 bits per heavy atom. The Morgan fingerprint density at radius 2 is 1.19 bits per heavy atom. The Hall–Kier alpha value is -3.06. The van der Waals surface area contributed by atoms with Gasteiger partial charge in [0.1, 0.15) is 0 Å². The number of rotatable bonds is 0. The second-order valence-electron chi connectivity index (χ2n) is 8.74. The van der Waals surface area contributed by atoms with Crippen LogP contribution in [0.1, 0.15) is 26.5 Å². The molecule has 0 amide bonds. The van der Waals surface area contributed by atoms with Gasteiger partial charge >= 0.3 is 0 Å². The first-order valence-corrected chi connectivity index (χ1v) is 9.63. The van der Waals surface area contributed by atoms with E-state index in [2.05, 4.69) is 98.0 Å². The van der Waals surface area contributed by atoms with Gasteiger partial charge in [-0.25, -0.2) is 0 Å². The lowest BCUT2D eigenvalue weighted by Gasteiger charge is -2.18. The first-order chi connectivity index (χ1) is 13.0. The first kappa shape index (κ1) is 15.0. The number of aromatic nitrogens is 1. The molecule has 0 atom stereocenters. The molecule has 0 aliphatic rings. The molecule has 0 saturated heterocycles. The standard InChI is InChI=1S/C26H21N/c1-26(2,3)24-15-22-19-11-7-6-10-18(19)13-21-20-12-16-8-4-5-9-17(16)14-23(20)27(24)25(21)22/h4-15H,1-3H3. The van der Waals surface area contributed by atoms with E-state index in [9.17, 15) is 0 Å². The lowest BCUT2D eigenvalue weighted by Crippen LogP contribution is -2.13. The lowest BCUT2D eigenvalue weighted by molar-refractivity contribution is 0.567. The monoisotopic (exact) mass is 347 g/mol. The summed E-state index contributed by atoms with van der Waals surface area (Å²) in [5, 5.41) is 9.35. The molecule has 0 radical (unpaired) electrons. The topological polar surface area (TPSA) is 4.41 Å². The highest BCUT2D eigenvalue weighted by atomic mass is 14.9. The predicted octanol–water partition coefficient (Wildman–Crippen LogP) is 7.29. The van der Waals surface area contributed by atoms with Crippen molar-refractivity contribution < 1.29 is 0 Å². The largest absolute Gasteiger partial charge is 0.312 e. The summed E-state index contributed by atoms with van der Waals surface area (Å²) in [7, 11) is 0. The molecule has 4 aromatic carbocycles. The van der Waals surface area contributed by atoms with E-state index in [1.54, 1.807) is 0 Å². The van der Waals surface area contributed by atoms with Crippen molar-refractivity contribution in [2.75, 3.05) is 0 Å². The second-order valence-corrected chi connectivity index (χ2v) is 8.74. The van der Waals surface area contributed by atoms with Crippen molar-refractivity contribution in [3.05, 3.63) is 78.5 Å². The van der Waals surface area contributed by atoms with E-state index >= 15 is 0 Å². The van der Waals surface area contributed by atoms with Gasteiger partial charge < -0.3 is 4.40 Å². The van der Waals surface area contributed by atoms with Crippen LogP contribution >= 0.6 is 0 Å². The molecule has 0 bridgehead atoms. The molecule has 1 heteroatoms. The van der Waals surface area contributed by atoms with Crippen LogP contribution in [0.25, 0.3) is 48.7 Å². The van der Waals surface area contributed by atoms with E-state index in [1.165, 1.54) is 54.4 Å². The summed E-state index contributed by atoms with van der Waals surface area (Å²) in [4.78, 5) is 0. The Bertz CT molecular complexity index is 1490. The minimum Gasteiger partial charge on any atom is -0.312 e. The summed E-state index contributed by atoms with van der Waals surface area (Å²) < 4.78 is 2.51. The minimum absolute atomic E-state index is 0.0741. The Labute approximate surface area is 158 Å². The van der Waals surface area contributed by atoms with E-state index in [1.807, 2.05) is 0 Å². The van der Waals surface area contributed by atoms with Crippen LogP contribution in [0.2, 0.25) is 0 Å². The summed E-state index contributed by atoms with van der Waals surface area (Å²) in [5.74, 6) is 0. The molecule has 2 heterocycles. The SMILES string of the molecule is CC(C)(C)c1cc2c3ccccc3cc3c4cc5ccccc5cc4n1c23. The summed E-state index contributed by atoms with van der Waals surface area (Å²) in [6, 6.07) is 27.0. The molecule has 0 aliphatic carbocycles. The van der Waals surface area contributed by atoms with E-state index in [-0.39, 0.29) is 5.41 Å². The van der Waals surface area contributed by atoms with Crippen LogP contribution in [0.15, 0.2) is 72.8 Å². The number of nitrogens with zero attached hydrogens (tertiary/aromatic N) is 1. The van der Waals surface area contributed by atoms with Crippen LogP contribution in [0.5, 0.6) is 0 Å². The summed E-state index contributed by atoms with van der Waals surface area (Å²) >= 11 is 0. The molecule has 27 heavy (non-hydrogen) atoms. The molecule has 0 fully saturated rings. The van der Waals surface area contributed by atoms with Gasteiger partial charge in [-0.1, -0.05) is 69.3 Å². The van der Waals surface area contributed by atoms with Crippen LogP contribution < -0.4 is 0 Å². The van der Waals surface area contributed by atoms with Crippen molar-refractivity contribution in [1.82, 2.24) is 4.40 Å². The highest BCUT2D eigenvalue weighted by molar-refractivity contribution is 6.24. The zero-order valence-corrected chi connectivity index (χ0v) is 15.9. The zero-order chi connectivity index (χ0) is 18.3. The maximum Gasteiger partial charge on any atom is 0.0617 e. The molecular formula is C26H21N. The third-order valence-corrected chi connectivity index (χ3v) is 5.97. The molecule has 1 nitrogen and oxygen atoms in total. The van der Waals surface area contributed by atoms with E-state index in [0.717, 1.165) is 0 Å². The molecule has 6 aromatic rings. The Balaban J connectivity index is 1.98. The van der Waals surface area contributed by atoms with Crippen LogP contribution in [0.4, 0.5) is 0 Å². The highest BCUT2D eigenvalue weighted by Gasteiger charge is 2.24. The van der Waals surface area contributed by atoms with Gasteiger partial charge in [0.15, 0.2) is 0 Å². The number of fused-ring (bicyclic) bond motifs is 6. The molecule has 0 aliphatic heterocycles. The zero-order valence-electron chi connectivity index (χ0n) is 15.9. The van der Waals surface area contributed by atoms with Crippen LogP contribution in [-0.4, -0.2) is 4.40 Å². The Kier molecular flexibility index (Phi) is 2.68. The normalized spacial score (nSPS) is 13.0. The average Bonchev–Trinajstić information content (AvgIpc) is 3.20. The number of hydrogen-bond donors (Lipinski definition) is 0. The Morgan fingerprint density at radius 1 is 0.593 bits per heavy atom.